The minimum absolute atomic E-state index is 0.0777. The third kappa shape index (κ3) is 16.2. The Morgan fingerprint density at radius 2 is 1.51 bits per heavy atom. The number of cyclic esters (lactones) is 1. The molecule has 0 spiro atoms. The molecule has 0 saturated carbocycles. The Morgan fingerprint density at radius 1 is 0.938 bits per heavy atom. The van der Waals surface area contributed by atoms with Gasteiger partial charge in [-0.15, -0.1) is 0 Å². The van der Waals surface area contributed by atoms with E-state index in [1.807, 2.05) is 19.9 Å². The highest BCUT2D eigenvalue weighted by Crippen LogP contribution is 2.43. The standard InChI is InChI=1S/C51H96N2O9Si3/c1-16-43(61-64(20-5,21-6)22-7)41(13)48-44(57-48)38-50(14,62-65(23-8,24-9)25-10)31-26-27-39(11)47-40(12)28-29-45(58-49(55)53-35-33-52-34-36-53)51(15,56)32-30-42(37-46(54)59-47)60-63(17-2,18-3)19-4/h26-29,31,40-45,47-48,52,56H,16-25,30,32-38H2,1-15H3/b29-28+,31-26+,39-27+/t40-,41+,42+,43-,44-,45+,47+,48-,50-,51+/m0/s1. The molecule has 2 fully saturated rings. The SMILES string of the molecule is CC[C@H](O[Si](CC)(CC)CC)[C@@H](C)[C@@H]1O[C@H]1C[C@](C)(/C=C/C=C(\C)[C@H]1OC(=O)C[C@H](O[Si](CC)(CC)CC)CC[C@@](C)(O)[C@H](OC(=O)N2CCNCC2)/C=C/[C@@H]1C)O[Si](CC)(CC)CC. The van der Waals surface area contributed by atoms with Crippen molar-refractivity contribution < 1.29 is 42.2 Å². The van der Waals surface area contributed by atoms with E-state index in [-0.39, 0.29) is 49.0 Å². The molecule has 0 aromatic heterocycles. The highest BCUT2D eigenvalue weighted by Gasteiger charge is 2.51. The van der Waals surface area contributed by atoms with E-state index < -0.39 is 60.6 Å². The van der Waals surface area contributed by atoms with Crippen LogP contribution in [0.5, 0.6) is 0 Å². The third-order valence-corrected chi connectivity index (χ3v) is 30.1. The van der Waals surface area contributed by atoms with Gasteiger partial charge in [0.15, 0.2) is 31.1 Å². The molecule has 65 heavy (non-hydrogen) atoms. The van der Waals surface area contributed by atoms with E-state index >= 15 is 0 Å². The minimum Gasteiger partial charge on any atom is -0.457 e. The summed E-state index contributed by atoms with van der Waals surface area (Å²) in [5.74, 6) is -0.334. The molecule has 1 amide bonds. The number of ether oxygens (including phenoxy) is 3. The van der Waals surface area contributed by atoms with Crippen molar-refractivity contribution in [2.45, 2.75) is 238 Å². The fourth-order valence-corrected chi connectivity index (χ4v) is 19.3. The second-order valence-corrected chi connectivity index (χ2v) is 34.4. The van der Waals surface area contributed by atoms with Crippen LogP contribution in [0.25, 0.3) is 0 Å². The maximum Gasteiger partial charge on any atom is 0.410 e. The number of carbonyl (C=O) groups is 2. The molecule has 2 saturated heterocycles. The van der Waals surface area contributed by atoms with Crippen molar-refractivity contribution in [1.82, 2.24) is 10.2 Å². The number of nitrogens with one attached hydrogen (secondary N) is 1. The number of hydrogen-bond donors (Lipinski definition) is 2. The maximum absolute atomic E-state index is 14.0. The van der Waals surface area contributed by atoms with Crippen LogP contribution in [0.3, 0.4) is 0 Å². The molecule has 0 unspecified atom stereocenters. The van der Waals surface area contributed by atoms with E-state index in [1.54, 1.807) is 17.9 Å². The van der Waals surface area contributed by atoms with Crippen LogP contribution in [0, 0.1) is 11.8 Å². The van der Waals surface area contributed by atoms with E-state index in [9.17, 15) is 14.7 Å². The van der Waals surface area contributed by atoms with Gasteiger partial charge in [0.25, 0.3) is 0 Å². The summed E-state index contributed by atoms with van der Waals surface area (Å²) < 4.78 is 40.5. The molecule has 3 aliphatic rings. The molecule has 0 radical (unpaired) electrons. The number of allylic oxidation sites excluding steroid dienone is 2. The Bertz CT molecular complexity index is 1520. The van der Waals surface area contributed by atoms with Gasteiger partial charge in [-0.1, -0.05) is 107 Å². The van der Waals surface area contributed by atoms with Gasteiger partial charge in [0.2, 0.25) is 0 Å². The zero-order valence-electron chi connectivity index (χ0n) is 43.9. The first kappa shape index (κ1) is 57.7. The summed E-state index contributed by atoms with van der Waals surface area (Å²) in [5.41, 5.74) is -1.09. The summed E-state index contributed by atoms with van der Waals surface area (Å²) in [5, 5.41) is 15.4. The second kappa shape index (κ2) is 26.4. The molecular formula is C51H96N2O9Si3. The first-order chi connectivity index (χ1) is 30.8. The normalized spacial score (nSPS) is 29.0. The van der Waals surface area contributed by atoms with Crippen molar-refractivity contribution in [3.8, 4) is 0 Å². The zero-order valence-corrected chi connectivity index (χ0v) is 46.9. The Hall–Kier alpha value is -1.63. The molecule has 2 N–H and O–H groups in total. The number of piperazine rings is 1. The fraction of sp³-hybridized carbons (Fsp3) is 0.843. The second-order valence-electron chi connectivity index (χ2n) is 20.2. The largest absolute Gasteiger partial charge is 0.457 e. The van der Waals surface area contributed by atoms with E-state index in [0.29, 0.717) is 32.6 Å². The summed E-state index contributed by atoms with van der Waals surface area (Å²) in [6.45, 7) is 35.2. The summed E-state index contributed by atoms with van der Waals surface area (Å²) in [6.07, 6.45) is 10.6. The van der Waals surface area contributed by atoms with Gasteiger partial charge in [-0.05, 0) is 106 Å². The lowest BCUT2D eigenvalue weighted by Crippen LogP contribution is -2.50. The molecule has 0 aliphatic carbocycles. The number of rotatable bonds is 24. The quantitative estimate of drug-likeness (QED) is 0.0317. The van der Waals surface area contributed by atoms with Crippen LogP contribution in [0.4, 0.5) is 4.79 Å². The van der Waals surface area contributed by atoms with Crippen molar-refractivity contribution in [3.63, 3.8) is 0 Å². The summed E-state index contributed by atoms with van der Waals surface area (Å²) in [6, 6.07) is 9.33. The maximum atomic E-state index is 14.0. The molecule has 10 atom stereocenters. The van der Waals surface area contributed by atoms with Gasteiger partial charge in [-0.3, -0.25) is 4.79 Å². The first-order valence-electron chi connectivity index (χ1n) is 26.1. The van der Waals surface area contributed by atoms with Gasteiger partial charge >= 0.3 is 12.1 Å². The Labute approximate surface area is 400 Å². The summed E-state index contributed by atoms with van der Waals surface area (Å²) in [4.78, 5) is 29.2. The number of hydrogen-bond acceptors (Lipinski definition) is 10. The average molecular weight is 966 g/mol. The molecule has 376 valence electrons. The number of epoxide rings is 1. The molecule has 3 heterocycles. The smallest absolute Gasteiger partial charge is 0.410 e. The number of esters is 1. The Kier molecular flexibility index (Phi) is 23.4. The van der Waals surface area contributed by atoms with Gasteiger partial charge in [0.05, 0.1) is 30.3 Å². The van der Waals surface area contributed by atoms with E-state index in [2.05, 4.69) is 107 Å². The molecule has 3 rings (SSSR count). The van der Waals surface area contributed by atoms with Crippen LogP contribution in [-0.2, 0) is 32.3 Å². The molecule has 3 aliphatic heterocycles. The molecular weight excluding hydrogens is 869 g/mol. The predicted molar refractivity (Wildman–Crippen MR) is 274 cm³/mol. The third-order valence-electron chi connectivity index (χ3n) is 16.0. The molecule has 0 bridgehead atoms. The lowest BCUT2D eigenvalue weighted by atomic mass is 9.88. The van der Waals surface area contributed by atoms with Crippen molar-refractivity contribution in [2.75, 3.05) is 26.2 Å². The molecule has 11 nitrogen and oxygen atoms in total. The van der Waals surface area contributed by atoms with Crippen LogP contribution in [0.2, 0.25) is 54.4 Å². The van der Waals surface area contributed by atoms with E-state index in [4.69, 9.17) is 27.5 Å². The Balaban J connectivity index is 2.00. The molecule has 0 aromatic carbocycles. The van der Waals surface area contributed by atoms with E-state index in [1.165, 1.54) is 0 Å². The highest BCUT2D eigenvalue weighted by molar-refractivity contribution is 6.74. The van der Waals surface area contributed by atoms with Crippen molar-refractivity contribution in [1.29, 1.82) is 0 Å². The van der Waals surface area contributed by atoms with Gasteiger partial charge in [0.1, 0.15) is 11.7 Å². The highest BCUT2D eigenvalue weighted by atomic mass is 28.4. The van der Waals surface area contributed by atoms with Gasteiger partial charge < -0.3 is 42.8 Å². The number of carbonyl (C=O) groups excluding carboxylic acids is 2. The lowest BCUT2D eigenvalue weighted by Gasteiger charge is -2.39. The Morgan fingerprint density at radius 3 is 2.05 bits per heavy atom. The van der Waals surface area contributed by atoms with Crippen molar-refractivity contribution >= 4 is 37.0 Å². The number of aliphatic hydroxyl groups is 1. The van der Waals surface area contributed by atoms with Crippen LogP contribution in [-0.4, -0.2) is 121 Å². The van der Waals surface area contributed by atoms with Crippen molar-refractivity contribution in [2.24, 2.45) is 11.8 Å². The minimum atomic E-state index is -2.14. The summed E-state index contributed by atoms with van der Waals surface area (Å²) >= 11 is 0. The van der Waals surface area contributed by atoms with E-state index in [0.717, 1.165) is 72.8 Å². The first-order valence-corrected chi connectivity index (χ1v) is 33.7. The fourth-order valence-electron chi connectivity index (χ4n) is 10.3. The van der Waals surface area contributed by atoms with Gasteiger partial charge in [0, 0.05) is 50.5 Å². The molecule has 0 aromatic rings. The van der Waals surface area contributed by atoms with Crippen LogP contribution in [0.1, 0.15) is 136 Å². The monoisotopic (exact) mass is 965 g/mol. The zero-order chi connectivity index (χ0) is 48.6. The number of nitrogens with zero attached hydrogens (tertiary/aromatic N) is 1. The average Bonchev–Trinajstić information content (AvgIpc) is 4.08. The van der Waals surface area contributed by atoms with Crippen LogP contribution in [0.15, 0.2) is 36.0 Å². The van der Waals surface area contributed by atoms with Crippen LogP contribution >= 0.6 is 0 Å². The topological polar surface area (TPSA) is 128 Å². The molecule has 14 heteroatoms. The van der Waals surface area contributed by atoms with Crippen molar-refractivity contribution in [3.05, 3.63) is 36.0 Å². The van der Waals surface area contributed by atoms with Gasteiger partial charge in [-0.25, -0.2) is 4.79 Å². The lowest BCUT2D eigenvalue weighted by molar-refractivity contribution is -0.151. The predicted octanol–water partition coefficient (Wildman–Crippen LogP) is 11.7. The number of amides is 1. The van der Waals surface area contributed by atoms with Gasteiger partial charge in [-0.2, -0.15) is 0 Å². The van der Waals surface area contributed by atoms with Crippen LogP contribution < -0.4 is 5.32 Å². The summed E-state index contributed by atoms with van der Waals surface area (Å²) in [7, 11) is -5.96.